The zero-order valence-corrected chi connectivity index (χ0v) is 22.2. The Labute approximate surface area is 213 Å². The third kappa shape index (κ3) is 8.51. The average molecular weight is 487 g/mol. The highest BCUT2D eigenvalue weighted by atomic mass is 31.0. The van der Waals surface area contributed by atoms with Crippen molar-refractivity contribution >= 4 is 26.1 Å². The number of benzene rings is 2. The van der Waals surface area contributed by atoms with Crippen molar-refractivity contribution in [2.45, 2.75) is 64.7 Å². The SMILES string of the molecule is C=C(CCc1ccco1)Nc1ccc(Cc2ccc(N=C(P)CC3CCCC(C)CC3)cc2)cc1. The molecule has 1 heterocycles. The van der Waals surface area contributed by atoms with E-state index in [0.717, 1.165) is 60.4 Å². The molecule has 184 valence electrons. The van der Waals surface area contributed by atoms with E-state index in [9.17, 15) is 0 Å². The summed E-state index contributed by atoms with van der Waals surface area (Å²) in [6.07, 6.45) is 12.3. The van der Waals surface area contributed by atoms with Gasteiger partial charge in [-0.15, -0.1) is 0 Å². The van der Waals surface area contributed by atoms with E-state index in [1.54, 1.807) is 6.26 Å². The van der Waals surface area contributed by atoms with Crippen molar-refractivity contribution < 1.29 is 4.42 Å². The molecule has 1 aliphatic carbocycles. The van der Waals surface area contributed by atoms with Crippen molar-refractivity contribution in [1.82, 2.24) is 0 Å². The molecule has 4 heteroatoms. The van der Waals surface area contributed by atoms with Crippen molar-refractivity contribution in [3.8, 4) is 0 Å². The van der Waals surface area contributed by atoms with Gasteiger partial charge in [0.15, 0.2) is 0 Å². The molecule has 1 aromatic heterocycles. The van der Waals surface area contributed by atoms with Crippen LogP contribution in [-0.4, -0.2) is 5.45 Å². The second kappa shape index (κ2) is 12.9. The molecular weight excluding hydrogens is 447 g/mol. The lowest BCUT2D eigenvalue weighted by Gasteiger charge is -2.13. The quantitative estimate of drug-likeness (QED) is 0.176. The van der Waals surface area contributed by atoms with Gasteiger partial charge in [0.05, 0.1) is 12.0 Å². The zero-order chi connectivity index (χ0) is 24.5. The van der Waals surface area contributed by atoms with Crippen molar-refractivity contribution in [3.63, 3.8) is 0 Å². The van der Waals surface area contributed by atoms with Crippen LogP contribution >= 0.6 is 9.24 Å². The lowest BCUT2D eigenvalue weighted by atomic mass is 9.96. The summed E-state index contributed by atoms with van der Waals surface area (Å²) in [5, 5.41) is 3.40. The van der Waals surface area contributed by atoms with Crippen LogP contribution in [0.3, 0.4) is 0 Å². The molecule has 1 aliphatic rings. The van der Waals surface area contributed by atoms with Crippen molar-refractivity contribution in [2.24, 2.45) is 16.8 Å². The van der Waals surface area contributed by atoms with Crippen LogP contribution in [-0.2, 0) is 12.8 Å². The minimum atomic E-state index is 0.793. The number of hydrogen-bond acceptors (Lipinski definition) is 3. The Morgan fingerprint density at radius 2 is 1.74 bits per heavy atom. The normalized spacial score (nSPS) is 18.7. The monoisotopic (exact) mass is 486 g/mol. The number of furan rings is 1. The van der Waals surface area contributed by atoms with Crippen LogP contribution in [0.1, 0.15) is 68.8 Å². The number of rotatable bonds is 10. The summed E-state index contributed by atoms with van der Waals surface area (Å²) in [6.45, 7) is 6.54. The average Bonchev–Trinajstić information content (AvgIpc) is 3.29. The Balaban J connectivity index is 1.25. The van der Waals surface area contributed by atoms with Gasteiger partial charge in [-0.2, -0.15) is 0 Å². The predicted molar refractivity (Wildman–Crippen MR) is 153 cm³/mol. The third-order valence-corrected chi connectivity index (χ3v) is 7.39. The maximum absolute atomic E-state index is 5.39. The molecule has 3 atom stereocenters. The number of allylic oxidation sites excluding steroid dienone is 1. The maximum atomic E-state index is 5.39. The van der Waals surface area contributed by atoms with Crippen molar-refractivity contribution in [3.05, 3.63) is 96.1 Å². The Morgan fingerprint density at radius 1 is 1.00 bits per heavy atom. The summed E-state index contributed by atoms with van der Waals surface area (Å²) in [4.78, 5) is 4.88. The summed E-state index contributed by atoms with van der Waals surface area (Å²) < 4.78 is 5.39. The third-order valence-electron chi connectivity index (χ3n) is 7.02. The first-order valence-electron chi connectivity index (χ1n) is 13.0. The summed E-state index contributed by atoms with van der Waals surface area (Å²) >= 11 is 0. The van der Waals surface area contributed by atoms with Crippen LogP contribution in [0.15, 0.2) is 88.6 Å². The van der Waals surface area contributed by atoms with Crippen LogP contribution in [0.5, 0.6) is 0 Å². The fourth-order valence-electron chi connectivity index (χ4n) is 4.90. The molecule has 0 amide bonds. The number of aliphatic imine (C=N–C) groups is 1. The minimum absolute atomic E-state index is 0.793. The van der Waals surface area contributed by atoms with E-state index in [2.05, 4.69) is 76.6 Å². The van der Waals surface area contributed by atoms with Gasteiger partial charge in [-0.25, -0.2) is 0 Å². The van der Waals surface area contributed by atoms with Crippen LogP contribution in [0.25, 0.3) is 0 Å². The van der Waals surface area contributed by atoms with Gasteiger partial charge in [0.1, 0.15) is 5.76 Å². The summed E-state index contributed by atoms with van der Waals surface area (Å²) in [7, 11) is 2.88. The molecule has 0 aliphatic heterocycles. The lowest BCUT2D eigenvalue weighted by molar-refractivity contribution is 0.459. The van der Waals surface area contributed by atoms with E-state index in [-0.39, 0.29) is 0 Å². The number of hydrogen-bond donors (Lipinski definition) is 1. The molecule has 3 unspecified atom stereocenters. The first-order chi connectivity index (χ1) is 17.0. The molecule has 2 aromatic carbocycles. The molecule has 35 heavy (non-hydrogen) atoms. The molecule has 0 bridgehead atoms. The minimum Gasteiger partial charge on any atom is -0.469 e. The fourth-order valence-corrected chi connectivity index (χ4v) is 5.38. The van der Waals surface area contributed by atoms with Gasteiger partial charge in [0.2, 0.25) is 0 Å². The van der Waals surface area contributed by atoms with Gasteiger partial charge in [-0.1, -0.05) is 72.7 Å². The zero-order valence-electron chi connectivity index (χ0n) is 21.0. The molecule has 1 fully saturated rings. The molecule has 0 spiro atoms. The number of aryl methyl sites for hydroxylation is 1. The van der Waals surface area contributed by atoms with Gasteiger partial charge < -0.3 is 9.73 Å². The first-order valence-corrected chi connectivity index (χ1v) is 13.6. The second-order valence-electron chi connectivity index (χ2n) is 10.1. The van der Waals surface area contributed by atoms with Gasteiger partial charge in [0, 0.05) is 23.3 Å². The standard InChI is InChI=1S/C31H39N2OP/c1-23-5-3-6-25(10-8-23)22-31(35)33-29-17-13-27(14-18-29)21-26-11-15-28(16-12-26)32-24(2)9-19-30-7-4-20-34-30/h4,7,11-18,20,23,25,32H,2-3,5-6,8-10,19,21-22,35H2,1H3. The van der Waals surface area contributed by atoms with Gasteiger partial charge in [-0.3, -0.25) is 4.99 Å². The van der Waals surface area contributed by atoms with Crippen molar-refractivity contribution in [2.75, 3.05) is 5.32 Å². The van der Waals surface area contributed by atoms with E-state index in [4.69, 9.17) is 9.41 Å². The fraction of sp³-hybridized carbons (Fsp3) is 0.387. The highest BCUT2D eigenvalue weighted by Gasteiger charge is 2.17. The number of anilines is 1. The highest BCUT2D eigenvalue weighted by Crippen LogP contribution is 2.30. The van der Waals surface area contributed by atoms with E-state index in [1.807, 2.05) is 12.1 Å². The summed E-state index contributed by atoms with van der Waals surface area (Å²) in [6, 6.07) is 21.2. The maximum Gasteiger partial charge on any atom is 0.104 e. The number of nitrogens with one attached hydrogen (secondary N) is 1. The first kappa shape index (κ1) is 25.5. The Kier molecular flexibility index (Phi) is 9.37. The number of nitrogens with zero attached hydrogens (tertiary/aromatic N) is 1. The van der Waals surface area contributed by atoms with Crippen LogP contribution < -0.4 is 5.32 Å². The molecule has 0 radical (unpaired) electrons. The molecule has 1 saturated carbocycles. The Bertz CT molecular complexity index is 1080. The molecule has 3 aromatic rings. The Morgan fingerprint density at radius 3 is 2.46 bits per heavy atom. The summed E-state index contributed by atoms with van der Waals surface area (Å²) in [5.74, 6) is 2.67. The van der Waals surface area contributed by atoms with E-state index in [0.29, 0.717) is 0 Å². The highest BCUT2D eigenvalue weighted by molar-refractivity contribution is 7.40. The topological polar surface area (TPSA) is 37.5 Å². The summed E-state index contributed by atoms with van der Waals surface area (Å²) in [5.41, 5.74) is 6.89. The van der Waals surface area contributed by atoms with Crippen LogP contribution in [0.4, 0.5) is 11.4 Å². The largest absolute Gasteiger partial charge is 0.469 e. The van der Waals surface area contributed by atoms with Gasteiger partial charge in [0.25, 0.3) is 0 Å². The Hall–Kier alpha value is -2.64. The molecule has 3 nitrogen and oxygen atoms in total. The second-order valence-corrected chi connectivity index (χ2v) is 10.8. The lowest BCUT2D eigenvalue weighted by Crippen LogP contribution is -2.03. The van der Waals surface area contributed by atoms with Crippen molar-refractivity contribution in [1.29, 1.82) is 0 Å². The van der Waals surface area contributed by atoms with E-state index in [1.165, 1.54) is 48.7 Å². The molecular formula is C31H39N2OP. The predicted octanol–water partition coefficient (Wildman–Crippen LogP) is 8.94. The molecule has 4 rings (SSSR count). The smallest absolute Gasteiger partial charge is 0.104 e. The van der Waals surface area contributed by atoms with E-state index >= 15 is 0 Å². The molecule has 0 saturated heterocycles. The van der Waals surface area contributed by atoms with Crippen LogP contribution in [0.2, 0.25) is 0 Å². The molecule has 1 N–H and O–H groups in total. The van der Waals surface area contributed by atoms with Crippen LogP contribution in [0, 0.1) is 11.8 Å². The van der Waals surface area contributed by atoms with Gasteiger partial charge >= 0.3 is 0 Å². The van der Waals surface area contributed by atoms with Gasteiger partial charge in [-0.05, 0) is 85.0 Å². The van der Waals surface area contributed by atoms with E-state index < -0.39 is 0 Å².